The van der Waals surface area contributed by atoms with Crippen molar-refractivity contribution in [1.82, 2.24) is 0 Å². The molecule has 0 aliphatic carbocycles. The first kappa shape index (κ1) is 12.3. The van der Waals surface area contributed by atoms with Crippen molar-refractivity contribution in [3.63, 3.8) is 0 Å². The third kappa shape index (κ3) is 4.05. The molecule has 0 spiro atoms. The largest absolute Gasteiger partial charge is 0.324 e. The number of halogens is 3. The predicted octanol–water partition coefficient (Wildman–Crippen LogP) is 3.18. The van der Waals surface area contributed by atoms with Gasteiger partial charge >= 0.3 is 0 Å². The summed E-state index contributed by atoms with van der Waals surface area (Å²) in [4.78, 5) is 11.3. The molecule has 0 radical (unpaired) electrons. The number of amides is 1. The molecule has 15 heavy (non-hydrogen) atoms. The molecule has 1 rings (SSSR count). The fraction of sp³-hybridized carbons (Fsp3) is 0.222. The van der Waals surface area contributed by atoms with Crippen molar-refractivity contribution in [2.24, 2.45) is 0 Å². The van der Waals surface area contributed by atoms with E-state index in [4.69, 9.17) is 11.6 Å². The molecule has 2 nitrogen and oxygen atoms in total. The highest BCUT2D eigenvalue weighted by atomic mass is 35.5. The van der Waals surface area contributed by atoms with E-state index in [1.165, 1.54) is 6.07 Å². The monoisotopic (exact) mass is 251 g/mol. The van der Waals surface area contributed by atoms with Crippen LogP contribution in [0.25, 0.3) is 0 Å². The van der Waals surface area contributed by atoms with Crippen LogP contribution in [0.2, 0.25) is 0 Å². The van der Waals surface area contributed by atoms with Gasteiger partial charge < -0.3 is 5.32 Å². The quantitative estimate of drug-likeness (QED) is 0.658. The van der Waals surface area contributed by atoms with Gasteiger partial charge in [-0.3, -0.25) is 4.79 Å². The number of alkyl halides is 3. The summed E-state index contributed by atoms with van der Waals surface area (Å²) in [6, 6.07) is 6.34. The maximum atomic E-state index is 12.1. The number of hydrogen-bond acceptors (Lipinski definition) is 2. The van der Waals surface area contributed by atoms with E-state index in [1.807, 2.05) is 0 Å². The number of rotatable bonds is 4. The van der Waals surface area contributed by atoms with Gasteiger partial charge in [0.1, 0.15) is 5.88 Å². The maximum absolute atomic E-state index is 12.1. The first-order chi connectivity index (χ1) is 7.13. The third-order valence-electron chi connectivity index (χ3n) is 1.50. The summed E-state index contributed by atoms with van der Waals surface area (Å²) >= 11 is 5.68. The Morgan fingerprint density at radius 2 is 2.13 bits per heavy atom. The van der Waals surface area contributed by atoms with Gasteiger partial charge in [-0.1, -0.05) is 23.9 Å². The first-order valence-electron chi connectivity index (χ1n) is 4.03. The van der Waals surface area contributed by atoms with Crippen molar-refractivity contribution in [3.05, 3.63) is 24.3 Å². The number of carbonyl (C=O) groups is 1. The van der Waals surface area contributed by atoms with Crippen molar-refractivity contribution < 1.29 is 13.6 Å². The molecule has 0 aliphatic rings. The zero-order valence-electron chi connectivity index (χ0n) is 7.54. The molecule has 6 heteroatoms. The lowest BCUT2D eigenvalue weighted by molar-refractivity contribution is -0.113. The summed E-state index contributed by atoms with van der Waals surface area (Å²) < 4.78 is 24.3. The molecule has 0 aliphatic heterocycles. The summed E-state index contributed by atoms with van der Waals surface area (Å²) in [5.41, 5.74) is 0.355. The van der Waals surface area contributed by atoms with Crippen LogP contribution in [0.1, 0.15) is 0 Å². The summed E-state index contributed by atoms with van der Waals surface area (Å²) in [7, 11) is 0. The minimum atomic E-state index is -2.51. The molecular formula is C9H8ClF2NOS. The number of nitrogens with one attached hydrogen (secondary N) is 1. The summed E-state index contributed by atoms with van der Waals surface area (Å²) in [6.07, 6.45) is 0. The van der Waals surface area contributed by atoms with Crippen LogP contribution < -0.4 is 5.32 Å². The van der Waals surface area contributed by atoms with Crippen LogP contribution in [0.4, 0.5) is 14.5 Å². The van der Waals surface area contributed by atoms with Crippen LogP contribution >= 0.6 is 23.4 Å². The van der Waals surface area contributed by atoms with Crippen LogP contribution in [0.3, 0.4) is 0 Å². The van der Waals surface area contributed by atoms with Crippen LogP contribution in [-0.4, -0.2) is 17.5 Å². The van der Waals surface area contributed by atoms with E-state index in [0.717, 1.165) is 0 Å². The molecule has 1 amide bonds. The van der Waals surface area contributed by atoms with Crippen molar-refractivity contribution >= 4 is 35.0 Å². The van der Waals surface area contributed by atoms with E-state index in [9.17, 15) is 13.6 Å². The lowest BCUT2D eigenvalue weighted by Gasteiger charge is -2.08. The highest BCUT2D eigenvalue weighted by Gasteiger charge is 2.10. The minimum Gasteiger partial charge on any atom is -0.324 e. The molecule has 0 bridgehead atoms. The van der Waals surface area contributed by atoms with Crippen LogP contribution in [0.15, 0.2) is 29.2 Å². The van der Waals surface area contributed by atoms with E-state index in [-0.39, 0.29) is 5.88 Å². The number of para-hydroxylation sites is 1. The van der Waals surface area contributed by atoms with Gasteiger partial charge in [0.15, 0.2) is 0 Å². The topological polar surface area (TPSA) is 29.1 Å². The predicted molar refractivity (Wildman–Crippen MR) is 57.7 cm³/mol. The van der Waals surface area contributed by atoms with E-state index in [2.05, 4.69) is 5.32 Å². The molecule has 82 valence electrons. The highest BCUT2D eigenvalue weighted by molar-refractivity contribution is 7.99. The van der Waals surface area contributed by atoms with E-state index < -0.39 is 11.7 Å². The molecule has 0 saturated carbocycles. The van der Waals surface area contributed by atoms with Crippen molar-refractivity contribution in [3.8, 4) is 0 Å². The van der Waals surface area contributed by atoms with Gasteiger partial charge in [-0.15, -0.1) is 11.6 Å². The van der Waals surface area contributed by atoms with E-state index >= 15 is 0 Å². The molecule has 0 saturated heterocycles. The normalized spacial score (nSPS) is 10.4. The number of anilines is 1. The number of carbonyl (C=O) groups excluding carboxylic acids is 1. The van der Waals surface area contributed by atoms with Crippen molar-refractivity contribution in [2.75, 3.05) is 11.2 Å². The molecule has 1 N–H and O–H groups in total. The van der Waals surface area contributed by atoms with Gasteiger partial charge in [-0.25, -0.2) is 0 Å². The number of thioether (sulfide) groups is 1. The van der Waals surface area contributed by atoms with E-state index in [0.29, 0.717) is 22.3 Å². The first-order valence-corrected chi connectivity index (χ1v) is 5.44. The molecule has 0 aromatic heterocycles. The second kappa shape index (κ2) is 5.92. The lowest BCUT2D eigenvalue weighted by Crippen LogP contribution is -2.13. The second-order valence-corrected chi connectivity index (χ2v) is 3.86. The van der Waals surface area contributed by atoms with Gasteiger partial charge in [0.25, 0.3) is 5.76 Å². The van der Waals surface area contributed by atoms with Crippen molar-refractivity contribution in [2.45, 2.75) is 10.7 Å². The average molecular weight is 252 g/mol. The summed E-state index contributed by atoms with van der Waals surface area (Å²) in [5.74, 6) is -3.13. The van der Waals surface area contributed by atoms with Gasteiger partial charge in [-0.2, -0.15) is 8.78 Å². The molecule has 0 heterocycles. The van der Waals surface area contributed by atoms with Crippen LogP contribution in [-0.2, 0) is 4.79 Å². The summed E-state index contributed by atoms with van der Waals surface area (Å²) in [6.45, 7) is 0. The molecular weight excluding hydrogens is 244 g/mol. The Bertz CT molecular complexity index is 349. The van der Waals surface area contributed by atoms with Gasteiger partial charge in [0.2, 0.25) is 5.91 Å². The Balaban J connectivity index is 2.81. The lowest BCUT2D eigenvalue weighted by atomic mass is 10.3. The third-order valence-corrected chi connectivity index (χ3v) is 2.53. The maximum Gasteiger partial charge on any atom is 0.288 e. The molecule has 1 aromatic carbocycles. The number of hydrogen-bond donors (Lipinski definition) is 1. The van der Waals surface area contributed by atoms with E-state index in [1.54, 1.807) is 18.2 Å². The SMILES string of the molecule is O=C(CCl)Nc1ccccc1SC(F)F. The fourth-order valence-electron chi connectivity index (χ4n) is 0.952. The van der Waals surface area contributed by atoms with Gasteiger partial charge in [0, 0.05) is 4.90 Å². The Kier molecular flexibility index (Phi) is 4.84. The molecule has 0 unspecified atom stereocenters. The van der Waals surface area contributed by atoms with Crippen LogP contribution in [0, 0.1) is 0 Å². The second-order valence-electron chi connectivity index (χ2n) is 2.56. The Morgan fingerprint density at radius 1 is 1.47 bits per heavy atom. The zero-order valence-corrected chi connectivity index (χ0v) is 9.12. The van der Waals surface area contributed by atoms with Gasteiger partial charge in [-0.05, 0) is 12.1 Å². The Hall–Kier alpha value is -0.810. The average Bonchev–Trinajstić information content (AvgIpc) is 2.20. The number of benzene rings is 1. The molecule has 0 atom stereocenters. The molecule has 1 aromatic rings. The smallest absolute Gasteiger partial charge is 0.288 e. The summed E-state index contributed by atoms with van der Waals surface area (Å²) in [5, 5.41) is 2.44. The fourth-order valence-corrected chi connectivity index (χ4v) is 1.61. The zero-order chi connectivity index (χ0) is 11.3. The molecule has 0 fully saturated rings. The highest BCUT2D eigenvalue weighted by Crippen LogP contribution is 2.31. The minimum absolute atomic E-state index is 0.201. The van der Waals surface area contributed by atoms with Crippen molar-refractivity contribution in [1.29, 1.82) is 0 Å². The van der Waals surface area contributed by atoms with Gasteiger partial charge in [0.05, 0.1) is 5.69 Å². The Labute approximate surface area is 95.0 Å². The Morgan fingerprint density at radius 3 is 2.73 bits per heavy atom. The van der Waals surface area contributed by atoms with Crippen LogP contribution in [0.5, 0.6) is 0 Å². The standard InChI is InChI=1S/C9H8ClF2NOS/c10-5-8(14)13-6-3-1-2-4-7(6)15-9(11)12/h1-4,9H,5H2,(H,13,14).